The second-order valence-electron chi connectivity index (χ2n) is 7.68. The number of amides is 2. The predicted molar refractivity (Wildman–Crippen MR) is 121 cm³/mol. The van der Waals surface area contributed by atoms with E-state index in [-0.39, 0.29) is 23.5 Å². The minimum atomic E-state index is -0.223. The molecule has 0 unspecified atom stereocenters. The van der Waals surface area contributed by atoms with E-state index in [9.17, 15) is 9.59 Å². The minimum absolute atomic E-state index is 0.0311. The summed E-state index contributed by atoms with van der Waals surface area (Å²) in [6.45, 7) is 3.08. The van der Waals surface area contributed by atoms with E-state index in [0.717, 1.165) is 28.7 Å². The summed E-state index contributed by atoms with van der Waals surface area (Å²) in [6.07, 6.45) is 3.13. The third-order valence-electron chi connectivity index (χ3n) is 5.66. The van der Waals surface area contributed by atoms with E-state index in [1.807, 2.05) is 42.6 Å². The van der Waals surface area contributed by atoms with E-state index in [1.54, 1.807) is 17.2 Å². The van der Waals surface area contributed by atoms with Gasteiger partial charge in [-0.25, -0.2) is 4.98 Å². The highest BCUT2D eigenvalue weighted by Crippen LogP contribution is 2.30. The van der Waals surface area contributed by atoms with Crippen LogP contribution in [-0.2, 0) is 6.42 Å². The van der Waals surface area contributed by atoms with Crippen LogP contribution in [0.1, 0.15) is 51.6 Å². The molecule has 1 aromatic carbocycles. The number of nitrogens with zero attached hydrogens (tertiary/aromatic N) is 4. The van der Waals surface area contributed by atoms with Gasteiger partial charge in [0, 0.05) is 47.7 Å². The lowest BCUT2D eigenvalue weighted by Crippen LogP contribution is -2.28. The summed E-state index contributed by atoms with van der Waals surface area (Å²) in [5.74, 6) is -0.0947. The van der Waals surface area contributed by atoms with Crippen molar-refractivity contribution in [2.45, 2.75) is 25.7 Å². The molecule has 32 heavy (non-hydrogen) atoms. The highest BCUT2D eigenvalue weighted by Gasteiger charge is 2.31. The van der Waals surface area contributed by atoms with Crippen molar-refractivity contribution < 1.29 is 14.1 Å². The second kappa shape index (κ2) is 8.51. The molecule has 9 heteroatoms. The maximum Gasteiger partial charge on any atom is 0.292 e. The third-order valence-corrected chi connectivity index (χ3v) is 6.35. The van der Waals surface area contributed by atoms with E-state index in [0.29, 0.717) is 30.2 Å². The number of aromatic nitrogens is 3. The van der Waals surface area contributed by atoms with Crippen LogP contribution in [0.5, 0.6) is 0 Å². The molecule has 1 saturated heterocycles. The van der Waals surface area contributed by atoms with Crippen LogP contribution >= 0.6 is 11.3 Å². The van der Waals surface area contributed by atoms with Gasteiger partial charge >= 0.3 is 0 Å². The van der Waals surface area contributed by atoms with E-state index < -0.39 is 0 Å². The van der Waals surface area contributed by atoms with Crippen molar-refractivity contribution in [2.75, 3.05) is 18.4 Å². The van der Waals surface area contributed by atoms with Crippen LogP contribution in [0, 0.1) is 0 Å². The number of benzene rings is 1. The lowest BCUT2D eigenvalue weighted by molar-refractivity contribution is 0.0749. The summed E-state index contributed by atoms with van der Waals surface area (Å²) < 4.78 is 5.21. The maximum absolute atomic E-state index is 13.0. The van der Waals surface area contributed by atoms with Gasteiger partial charge in [0.05, 0.1) is 16.8 Å². The van der Waals surface area contributed by atoms with Gasteiger partial charge in [-0.05, 0) is 25.0 Å². The molecule has 0 aliphatic carbocycles. The summed E-state index contributed by atoms with van der Waals surface area (Å²) in [4.78, 5) is 36.6. The van der Waals surface area contributed by atoms with Crippen molar-refractivity contribution in [3.63, 3.8) is 0 Å². The molecule has 3 aromatic heterocycles. The highest BCUT2D eigenvalue weighted by atomic mass is 32.1. The fraction of sp³-hybridized carbons (Fsp3) is 0.261. The standard InChI is InChI=1S/C23H21N5O3S/c1-2-15-11-20(31-27-15)22(30)28-9-7-14(13-28)19-12-17(16-5-3-4-6-18(16)25-19)21(29)26-23-24-8-10-32-23/h3-6,8,10-12,14H,2,7,9,13H2,1H3,(H,24,26,29)/t14-/m1/s1. The molecule has 1 aliphatic heterocycles. The molecule has 0 bridgehead atoms. The number of hydrogen-bond acceptors (Lipinski definition) is 7. The zero-order chi connectivity index (χ0) is 22.1. The average molecular weight is 448 g/mol. The Morgan fingerprint density at radius 1 is 1.28 bits per heavy atom. The SMILES string of the molecule is CCc1cc(C(=O)N2CC[C@@H](c3cc(C(=O)Nc4nccs4)c4ccccc4n3)C2)on1. The Morgan fingerprint density at radius 3 is 2.94 bits per heavy atom. The molecule has 1 N–H and O–H groups in total. The molecule has 162 valence electrons. The first-order valence-electron chi connectivity index (χ1n) is 10.5. The molecule has 0 radical (unpaired) electrons. The first kappa shape index (κ1) is 20.3. The molecule has 0 saturated carbocycles. The zero-order valence-electron chi connectivity index (χ0n) is 17.4. The van der Waals surface area contributed by atoms with E-state index in [2.05, 4.69) is 15.5 Å². The molecule has 1 aliphatic rings. The topological polar surface area (TPSA) is 101 Å². The zero-order valence-corrected chi connectivity index (χ0v) is 18.3. The number of carbonyl (C=O) groups excluding carboxylic acids is 2. The van der Waals surface area contributed by atoms with Crippen LogP contribution in [0.4, 0.5) is 5.13 Å². The second-order valence-corrected chi connectivity index (χ2v) is 8.57. The van der Waals surface area contributed by atoms with Crippen LogP contribution in [-0.4, -0.2) is 44.9 Å². The van der Waals surface area contributed by atoms with Crippen LogP contribution in [0.3, 0.4) is 0 Å². The Morgan fingerprint density at radius 2 is 2.16 bits per heavy atom. The number of carbonyl (C=O) groups is 2. The van der Waals surface area contributed by atoms with Crippen molar-refractivity contribution in [1.29, 1.82) is 0 Å². The number of para-hydroxylation sites is 1. The van der Waals surface area contributed by atoms with Crippen molar-refractivity contribution in [3.05, 3.63) is 70.7 Å². The van der Waals surface area contributed by atoms with Gasteiger partial charge in [-0.1, -0.05) is 30.3 Å². The van der Waals surface area contributed by atoms with Gasteiger partial charge in [0.25, 0.3) is 11.8 Å². The number of aryl methyl sites for hydroxylation is 1. The molecule has 5 rings (SSSR count). The van der Waals surface area contributed by atoms with Crippen molar-refractivity contribution >= 4 is 39.2 Å². The van der Waals surface area contributed by atoms with Gasteiger partial charge in [0.15, 0.2) is 5.13 Å². The summed E-state index contributed by atoms with van der Waals surface area (Å²) in [5, 5.41) is 9.92. The monoisotopic (exact) mass is 447 g/mol. The smallest absolute Gasteiger partial charge is 0.292 e. The molecular formula is C23H21N5O3S. The maximum atomic E-state index is 13.0. The first-order valence-corrected chi connectivity index (χ1v) is 11.4. The van der Waals surface area contributed by atoms with Gasteiger partial charge in [0.1, 0.15) is 0 Å². The molecule has 4 aromatic rings. The number of likely N-dealkylation sites (tertiary alicyclic amines) is 1. The van der Waals surface area contributed by atoms with Crippen LogP contribution < -0.4 is 5.32 Å². The number of pyridine rings is 1. The third kappa shape index (κ3) is 3.87. The quantitative estimate of drug-likeness (QED) is 0.494. The molecule has 1 atom stereocenters. The van der Waals surface area contributed by atoms with Crippen LogP contribution in [0.2, 0.25) is 0 Å². The fourth-order valence-corrected chi connectivity index (χ4v) is 4.49. The molecule has 0 spiro atoms. The summed E-state index contributed by atoms with van der Waals surface area (Å²) in [7, 11) is 0. The minimum Gasteiger partial charge on any atom is -0.351 e. The largest absolute Gasteiger partial charge is 0.351 e. The predicted octanol–water partition coefficient (Wildman–Crippen LogP) is 4.12. The lowest BCUT2D eigenvalue weighted by Gasteiger charge is -2.16. The lowest BCUT2D eigenvalue weighted by atomic mass is 9.99. The van der Waals surface area contributed by atoms with Gasteiger partial charge in [-0.3, -0.25) is 19.9 Å². The van der Waals surface area contributed by atoms with Gasteiger partial charge in [-0.15, -0.1) is 11.3 Å². The number of fused-ring (bicyclic) bond motifs is 1. The number of hydrogen-bond donors (Lipinski definition) is 1. The summed E-state index contributed by atoms with van der Waals surface area (Å²) in [6, 6.07) is 11.1. The summed E-state index contributed by atoms with van der Waals surface area (Å²) in [5.41, 5.74) is 2.86. The number of thiazole rings is 1. The average Bonchev–Trinajstić information content (AvgIpc) is 3.59. The number of rotatable bonds is 5. The van der Waals surface area contributed by atoms with E-state index in [1.165, 1.54) is 11.3 Å². The molecule has 1 fully saturated rings. The Kier molecular flexibility index (Phi) is 5.40. The number of anilines is 1. The highest BCUT2D eigenvalue weighted by molar-refractivity contribution is 7.13. The molecule has 8 nitrogen and oxygen atoms in total. The van der Waals surface area contributed by atoms with Crippen LogP contribution in [0.25, 0.3) is 10.9 Å². The van der Waals surface area contributed by atoms with Crippen molar-refractivity contribution in [2.24, 2.45) is 0 Å². The Bertz CT molecular complexity index is 1280. The van der Waals surface area contributed by atoms with E-state index in [4.69, 9.17) is 9.51 Å². The van der Waals surface area contributed by atoms with Gasteiger partial charge < -0.3 is 9.42 Å². The van der Waals surface area contributed by atoms with Gasteiger partial charge in [-0.2, -0.15) is 0 Å². The van der Waals surface area contributed by atoms with Crippen LogP contribution in [0.15, 0.2) is 52.5 Å². The van der Waals surface area contributed by atoms with E-state index >= 15 is 0 Å². The Hall–Kier alpha value is -3.59. The molecule has 4 heterocycles. The molecular weight excluding hydrogens is 426 g/mol. The Balaban J connectivity index is 1.41. The first-order chi connectivity index (χ1) is 15.6. The van der Waals surface area contributed by atoms with Crippen molar-refractivity contribution in [3.8, 4) is 0 Å². The summed E-state index contributed by atoms with van der Waals surface area (Å²) >= 11 is 1.37. The Labute approximate surface area is 188 Å². The molecule has 2 amide bonds. The fourth-order valence-electron chi connectivity index (χ4n) is 3.96. The normalized spacial score (nSPS) is 15.9. The number of nitrogens with one attached hydrogen (secondary N) is 1. The van der Waals surface area contributed by atoms with Gasteiger partial charge in [0.2, 0.25) is 5.76 Å². The van der Waals surface area contributed by atoms with Crippen molar-refractivity contribution in [1.82, 2.24) is 20.0 Å².